The number of allylic oxidation sites excluding steroid dienone is 4. The fraction of sp³-hybridized carbons (Fsp3) is 0.227. The van der Waals surface area contributed by atoms with Crippen LogP contribution in [-0.2, 0) is 15.5 Å². The molecule has 4 rings (SSSR count). The molecule has 160 valence electrons. The number of hydrogen-bond acceptors (Lipinski definition) is 7. The van der Waals surface area contributed by atoms with Crippen molar-refractivity contribution in [1.29, 1.82) is 0 Å². The van der Waals surface area contributed by atoms with E-state index in [9.17, 15) is 23.2 Å². The third kappa shape index (κ3) is 4.13. The molecule has 2 aliphatic carbocycles. The summed E-state index contributed by atoms with van der Waals surface area (Å²) in [6.07, 6.45) is 11.1. The van der Waals surface area contributed by atoms with Gasteiger partial charge in [-0.1, -0.05) is 42.5 Å². The largest absolute Gasteiger partial charge is 0.388 e. The van der Waals surface area contributed by atoms with Crippen LogP contribution in [0, 0.1) is 0 Å². The number of benzene rings is 1. The van der Waals surface area contributed by atoms with Crippen molar-refractivity contribution in [3.8, 4) is 11.4 Å². The predicted molar refractivity (Wildman–Crippen MR) is 114 cm³/mol. The molecule has 0 saturated carbocycles. The van der Waals surface area contributed by atoms with Crippen molar-refractivity contribution < 1.29 is 23.2 Å². The van der Waals surface area contributed by atoms with Crippen LogP contribution in [0.1, 0.15) is 25.0 Å². The molecule has 3 atom stereocenters. The highest BCUT2D eigenvalue weighted by Gasteiger charge is 2.36. The van der Waals surface area contributed by atoms with Crippen molar-refractivity contribution in [3.63, 3.8) is 0 Å². The molecule has 0 saturated heterocycles. The maximum Gasteiger partial charge on any atom is 0.294 e. The zero-order chi connectivity index (χ0) is 22.2. The molecular formula is C22H21N3O5S. The van der Waals surface area contributed by atoms with E-state index in [2.05, 4.69) is 15.0 Å². The highest BCUT2D eigenvalue weighted by Crippen LogP contribution is 2.33. The maximum atomic E-state index is 11.3. The molecule has 0 bridgehead atoms. The molecule has 3 N–H and O–H groups in total. The van der Waals surface area contributed by atoms with Crippen LogP contribution in [0.25, 0.3) is 17.0 Å². The number of aliphatic hydroxyl groups excluding tert-OH is 2. The van der Waals surface area contributed by atoms with Gasteiger partial charge in [-0.3, -0.25) is 4.55 Å². The van der Waals surface area contributed by atoms with Gasteiger partial charge < -0.3 is 10.2 Å². The Hall–Kier alpha value is -2.98. The molecule has 8 nitrogen and oxygen atoms in total. The first-order chi connectivity index (χ1) is 14.7. The van der Waals surface area contributed by atoms with E-state index in [0.29, 0.717) is 23.4 Å². The van der Waals surface area contributed by atoms with E-state index < -0.39 is 27.7 Å². The molecule has 1 heterocycles. The number of aromatic nitrogens is 3. The minimum Gasteiger partial charge on any atom is -0.388 e. The van der Waals surface area contributed by atoms with Crippen LogP contribution in [0.15, 0.2) is 71.7 Å². The number of nitrogens with zero attached hydrogens (tertiary/aromatic N) is 3. The second-order valence-corrected chi connectivity index (χ2v) is 9.00. The van der Waals surface area contributed by atoms with Gasteiger partial charge in [0.05, 0.1) is 22.5 Å². The van der Waals surface area contributed by atoms with Crippen LogP contribution in [-0.4, -0.2) is 50.3 Å². The van der Waals surface area contributed by atoms with Crippen molar-refractivity contribution in [2.45, 2.75) is 35.9 Å². The molecule has 9 heteroatoms. The molecule has 3 unspecified atom stereocenters. The Labute approximate surface area is 179 Å². The SMILES string of the molecule is CC1(c2nc(C3=CC=CCC3O)nc(-c3ccc(S(=O)(=O)O)cc3)n2)C=CC=CC1O. The maximum absolute atomic E-state index is 11.3. The average molecular weight is 439 g/mol. The molecule has 1 aromatic heterocycles. The third-order valence-electron chi connectivity index (χ3n) is 5.38. The highest BCUT2D eigenvalue weighted by molar-refractivity contribution is 7.85. The molecule has 2 aliphatic rings. The van der Waals surface area contributed by atoms with E-state index in [1.165, 1.54) is 24.3 Å². The monoisotopic (exact) mass is 439 g/mol. The van der Waals surface area contributed by atoms with Gasteiger partial charge in [0, 0.05) is 11.1 Å². The third-order valence-corrected chi connectivity index (χ3v) is 6.25. The minimum atomic E-state index is -4.33. The van der Waals surface area contributed by atoms with Crippen LogP contribution >= 0.6 is 0 Å². The normalized spacial score (nSPS) is 25.5. The summed E-state index contributed by atoms with van der Waals surface area (Å²) in [7, 11) is -4.33. The van der Waals surface area contributed by atoms with Crippen LogP contribution in [0.2, 0.25) is 0 Å². The van der Waals surface area contributed by atoms with E-state index in [0.717, 1.165) is 0 Å². The molecule has 31 heavy (non-hydrogen) atoms. The Morgan fingerprint density at radius 2 is 1.71 bits per heavy atom. The van der Waals surface area contributed by atoms with Crippen LogP contribution < -0.4 is 0 Å². The minimum absolute atomic E-state index is 0.246. The van der Waals surface area contributed by atoms with E-state index in [1.54, 1.807) is 37.3 Å². The summed E-state index contributed by atoms with van der Waals surface area (Å²) >= 11 is 0. The lowest BCUT2D eigenvalue weighted by molar-refractivity contribution is 0.153. The second kappa shape index (κ2) is 7.93. The van der Waals surface area contributed by atoms with Crippen molar-refractivity contribution in [2.75, 3.05) is 0 Å². The average Bonchev–Trinajstić information content (AvgIpc) is 2.75. The summed E-state index contributed by atoms with van der Waals surface area (Å²) in [5.41, 5.74) is 0.0912. The molecule has 2 aromatic rings. The molecule has 0 fully saturated rings. The first-order valence-corrected chi connectivity index (χ1v) is 11.1. The Morgan fingerprint density at radius 1 is 1.00 bits per heavy atom. The van der Waals surface area contributed by atoms with Gasteiger partial charge in [-0.2, -0.15) is 8.42 Å². The van der Waals surface area contributed by atoms with Crippen LogP contribution in [0.4, 0.5) is 0 Å². The quantitative estimate of drug-likeness (QED) is 0.618. The summed E-state index contributed by atoms with van der Waals surface area (Å²) in [5, 5.41) is 21.1. The standard InChI is InChI=1S/C22H21N3O5S/c1-22(13-5-4-8-18(22)27)21-24-19(14-9-11-15(12-10-14)31(28,29)30)23-20(25-21)16-6-2-3-7-17(16)26/h2-6,8-13,17-18,26-27H,7H2,1H3,(H,28,29,30). The Balaban J connectivity index is 1.88. The van der Waals surface area contributed by atoms with Gasteiger partial charge in [-0.25, -0.2) is 15.0 Å². The summed E-state index contributed by atoms with van der Waals surface area (Å²) in [4.78, 5) is 13.4. The van der Waals surface area contributed by atoms with Crippen molar-refractivity contribution in [2.24, 2.45) is 0 Å². The number of hydrogen-bond donors (Lipinski definition) is 3. The molecule has 0 amide bonds. The zero-order valence-electron chi connectivity index (χ0n) is 16.6. The summed E-state index contributed by atoms with van der Waals surface area (Å²) in [6.45, 7) is 1.80. The molecule has 1 aromatic carbocycles. The van der Waals surface area contributed by atoms with Crippen molar-refractivity contribution >= 4 is 15.7 Å². The van der Waals surface area contributed by atoms with Gasteiger partial charge in [-0.15, -0.1) is 0 Å². The van der Waals surface area contributed by atoms with E-state index in [-0.39, 0.29) is 16.5 Å². The first-order valence-electron chi connectivity index (χ1n) is 9.62. The van der Waals surface area contributed by atoms with Crippen LogP contribution in [0.5, 0.6) is 0 Å². The van der Waals surface area contributed by atoms with Crippen molar-refractivity contribution in [1.82, 2.24) is 15.0 Å². The van der Waals surface area contributed by atoms with Gasteiger partial charge in [-0.05, 0) is 37.6 Å². The fourth-order valence-electron chi connectivity index (χ4n) is 3.42. The lowest BCUT2D eigenvalue weighted by atomic mass is 9.80. The Kier molecular flexibility index (Phi) is 5.44. The molecular weight excluding hydrogens is 418 g/mol. The van der Waals surface area contributed by atoms with Gasteiger partial charge in [0.1, 0.15) is 5.82 Å². The predicted octanol–water partition coefficient (Wildman–Crippen LogP) is 2.23. The van der Waals surface area contributed by atoms with Crippen molar-refractivity contribution in [3.05, 3.63) is 78.4 Å². The fourth-order valence-corrected chi connectivity index (χ4v) is 3.90. The number of aliphatic hydroxyl groups is 2. The Bertz CT molecular complexity index is 1230. The molecule has 0 radical (unpaired) electrons. The number of rotatable bonds is 4. The highest BCUT2D eigenvalue weighted by atomic mass is 32.2. The zero-order valence-corrected chi connectivity index (χ0v) is 17.4. The van der Waals surface area contributed by atoms with E-state index in [4.69, 9.17) is 0 Å². The molecule has 0 aliphatic heterocycles. The summed E-state index contributed by atoms with van der Waals surface area (Å²) in [5.74, 6) is 0.829. The van der Waals surface area contributed by atoms with Gasteiger partial charge in [0.15, 0.2) is 11.6 Å². The smallest absolute Gasteiger partial charge is 0.294 e. The van der Waals surface area contributed by atoms with Gasteiger partial charge >= 0.3 is 0 Å². The Morgan fingerprint density at radius 3 is 2.35 bits per heavy atom. The lowest BCUT2D eigenvalue weighted by Crippen LogP contribution is -2.37. The summed E-state index contributed by atoms with van der Waals surface area (Å²) < 4.78 is 31.9. The topological polar surface area (TPSA) is 134 Å². The summed E-state index contributed by atoms with van der Waals surface area (Å²) in [6, 6.07) is 5.47. The van der Waals surface area contributed by atoms with E-state index >= 15 is 0 Å². The lowest BCUT2D eigenvalue weighted by Gasteiger charge is -2.30. The first kappa shape index (κ1) is 21.3. The molecule has 0 spiro atoms. The van der Waals surface area contributed by atoms with E-state index in [1.807, 2.05) is 12.2 Å². The van der Waals surface area contributed by atoms with Crippen LogP contribution in [0.3, 0.4) is 0 Å². The van der Waals surface area contributed by atoms with Gasteiger partial charge in [0.2, 0.25) is 0 Å². The van der Waals surface area contributed by atoms with Gasteiger partial charge in [0.25, 0.3) is 10.1 Å². The second-order valence-electron chi connectivity index (χ2n) is 7.58.